The first-order valence-corrected chi connectivity index (χ1v) is 5.54. The SMILES string of the molecule is Oc1ccc(-c2nc(CC3CC3)no2)c(F)c1. The summed E-state index contributed by atoms with van der Waals surface area (Å²) in [5.74, 6) is 0.758. The van der Waals surface area contributed by atoms with Gasteiger partial charge in [-0.2, -0.15) is 4.98 Å². The lowest BCUT2D eigenvalue weighted by molar-refractivity contribution is 0.418. The van der Waals surface area contributed by atoms with Crippen LogP contribution in [0.2, 0.25) is 0 Å². The average Bonchev–Trinajstić information content (AvgIpc) is 2.96. The number of rotatable bonds is 3. The summed E-state index contributed by atoms with van der Waals surface area (Å²) in [7, 11) is 0. The molecule has 3 rings (SSSR count). The molecule has 0 unspecified atom stereocenters. The van der Waals surface area contributed by atoms with Gasteiger partial charge in [0.05, 0.1) is 5.56 Å². The smallest absolute Gasteiger partial charge is 0.260 e. The van der Waals surface area contributed by atoms with Gasteiger partial charge in [-0.25, -0.2) is 4.39 Å². The van der Waals surface area contributed by atoms with Gasteiger partial charge in [-0.1, -0.05) is 5.16 Å². The molecule has 1 N–H and O–H groups in total. The van der Waals surface area contributed by atoms with Gasteiger partial charge in [0.2, 0.25) is 0 Å². The monoisotopic (exact) mass is 234 g/mol. The predicted octanol–water partition coefficient (Wildman–Crippen LogP) is 2.53. The van der Waals surface area contributed by atoms with E-state index in [1.54, 1.807) is 0 Å². The van der Waals surface area contributed by atoms with Crippen LogP contribution in [0.5, 0.6) is 5.75 Å². The lowest BCUT2D eigenvalue weighted by atomic mass is 10.2. The molecule has 1 saturated carbocycles. The van der Waals surface area contributed by atoms with Crippen LogP contribution in [-0.4, -0.2) is 15.2 Å². The van der Waals surface area contributed by atoms with Gasteiger partial charge in [-0.15, -0.1) is 0 Å². The minimum absolute atomic E-state index is 0.121. The number of hydrogen-bond donors (Lipinski definition) is 1. The second-order valence-corrected chi connectivity index (χ2v) is 4.33. The van der Waals surface area contributed by atoms with Crippen molar-refractivity contribution in [2.75, 3.05) is 0 Å². The summed E-state index contributed by atoms with van der Waals surface area (Å²) in [6, 6.07) is 3.85. The number of aromatic hydroxyl groups is 1. The zero-order valence-corrected chi connectivity index (χ0v) is 9.06. The molecule has 5 heteroatoms. The highest BCUT2D eigenvalue weighted by Crippen LogP contribution is 2.32. The first kappa shape index (κ1) is 10.3. The van der Waals surface area contributed by atoms with Gasteiger partial charge in [0.15, 0.2) is 5.82 Å². The van der Waals surface area contributed by atoms with E-state index in [9.17, 15) is 4.39 Å². The number of benzene rings is 1. The molecule has 1 aromatic heterocycles. The Bertz CT molecular complexity index is 549. The van der Waals surface area contributed by atoms with Crippen LogP contribution >= 0.6 is 0 Å². The van der Waals surface area contributed by atoms with Crippen LogP contribution in [0, 0.1) is 11.7 Å². The molecule has 1 aliphatic rings. The Morgan fingerprint density at radius 2 is 2.24 bits per heavy atom. The van der Waals surface area contributed by atoms with E-state index in [1.165, 1.54) is 25.0 Å². The maximum Gasteiger partial charge on any atom is 0.260 e. The van der Waals surface area contributed by atoms with Gasteiger partial charge in [-0.3, -0.25) is 0 Å². The molecule has 0 atom stereocenters. The van der Waals surface area contributed by atoms with Crippen molar-refractivity contribution in [2.45, 2.75) is 19.3 Å². The van der Waals surface area contributed by atoms with E-state index in [4.69, 9.17) is 9.63 Å². The van der Waals surface area contributed by atoms with Crippen molar-refractivity contribution in [3.63, 3.8) is 0 Å². The molecule has 4 nitrogen and oxygen atoms in total. The molecule has 0 amide bonds. The van der Waals surface area contributed by atoms with Crippen LogP contribution in [-0.2, 0) is 6.42 Å². The zero-order chi connectivity index (χ0) is 11.8. The Labute approximate surface area is 97.1 Å². The normalized spacial score (nSPS) is 15.1. The van der Waals surface area contributed by atoms with Crippen molar-refractivity contribution in [1.82, 2.24) is 10.1 Å². The summed E-state index contributed by atoms with van der Waals surface area (Å²) in [6.45, 7) is 0. The van der Waals surface area contributed by atoms with Gasteiger partial charge in [0.1, 0.15) is 11.6 Å². The lowest BCUT2D eigenvalue weighted by Crippen LogP contribution is -1.90. The molecular formula is C12H11FN2O2. The molecule has 1 aliphatic carbocycles. The zero-order valence-electron chi connectivity index (χ0n) is 9.06. The Balaban J connectivity index is 1.89. The Morgan fingerprint density at radius 3 is 2.94 bits per heavy atom. The largest absolute Gasteiger partial charge is 0.508 e. The maximum atomic E-state index is 13.5. The van der Waals surface area contributed by atoms with Gasteiger partial charge >= 0.3 is 0 Å². The minimum Gasteiger partial charge on any atom is -0.508 e. The molecule has 17 heavy (non-hydrogen) atoms. The van der Waals surface area contributed by atoms with Gasteiger partial charge < -0.3 is 9.63 Å². The van der Waals surface area contributed by atoms with Crippen molar-refractivity contribution in [1.29, 1.82) is 0 Å². The summed E-state index contributed by atoms with van der Waals surface area (Å²) < 4.78 is 18.5. The van der Waals surface area contributed by atoms with Crippen molar-refractivity contribution in [3.8, 4) is 17.2 Å². The van der Waals surface area contributed by atoms with Crippen molar-refractivity contribution < 1.29 is 14.0 Å². The molecule has 1 aromatic carbocycles. The van der Waals surface area contributed by atoms with E-state index in [1.807, 2.05) is 0 Å². The third kappa shape index (κ3) is 2.13. The predicted molar refractivity (Wildman–Crippen MR) is 57.8 cm³/mol. The summed E-state index contributed by atoms with van der Waals surface area (Å²) >= 11 is 0. The van der Waals surface area contributed by atoms with Crippen LogP contribution in [0.3, 0.4) is 0 Å². The third-order valence-electron chi connectivity index (χ3n) is 2.82. The summed E-state index contributed by atoms with van der Waals surface area (Å²) in [6.07, 6.45) is 3.21. The van der Waals surface area contributed by atoms with Gasteiger partial charge in [0.25, 0.3) is 5.89 Å². The van der Waals surface area contributed by atoms with E-state index in [0.717, 1.165) is 12.5 Å². The molecule has 1 fully saturated rings. The highest BCUT2D eigenvalue weighted by atomic mass is 19.1. The fourth-order valence-electron chi connectivity index (χ4n) is 1.70. The third-order valence-corrected chi connectivity index (χ3v) is 2.82. The molecule has 1 heterocycles. The van der Waals surface area contributed by atoms with E-state index >= 15 is 0 Å². The van der Waals surface area contributed by atoms with Crippen molar-refractivity contribution >= 4 is 0 Å². The van der Waals surface area contributed by atoms with Crippen LogP contribution in [0.15, 0.2) is 22.7 Å². The quantitative estimate of drug-likeness (QED) is 0.886. The minimum atomic E-state index is -0.563. The van der Waals surface area contributed by atoms with Gasteiger partial charge in [0, 0.05) is 12.5 Å². The summed E-state index contributed by atoms with van der Waals surface area (Å²) in [5, 5.41) is 12.9. The first-order valence-electron chi connectivity index (χ1n) is 5.54. The Hall–Kier alpha value is -1.91. The van der Waals surface area contributed by atoms with E-state index < -0.39 is 5.82 Å². The average molecular weight is 234 g/mol. The fraction of sp³-hybridized carbons (Fsp3) is 0.333. The number of hydrogen-bond acceptors (Lipinski definition) is 4. The van der Waals surface area contributed by atoms with Crippen LogP contribution in [0.25, 0.3) is 11.5 Å². The number of aromatic nitrogens is 2. The number of halogens is 1. The van der Waals surface area contributed by atoms with Crippen LogP contribution < -0.4 is 0 Å². The molecule has 0 bridgehead atoms. The van der Waals surface area contributed by atoms with Crippen LogP contribution in [0.4, 0.5) is 4.39 Å². The first-order chi connectivity index (χ1) is 8.22. The lowest BCUT2D eigenvalue weighted by Gasteiger charge is -1.97. The molecule has 0 radical (unpaired) electrons. The number of nitrogens with zero attached hydrogens (tertiary/aromatic N) is 2. The Morgan fingerprint density at radius 1 is 1.41 bits per heavy atom. The second-order valence-electron chi connectivity index (χ2n) is 4.33. The number of phenols is 1. The maximum absolute atomic E-state index is 13.5. The van der Waals surface area contributed by atoms with E-state index in [2.05, 4.69) is 10.1 Å². The van der Waals surface area contributed by atoms with Crippen molar-refractivity contribution in [2.24, 2.45) is 5.92 Å². The molecule has 0 spiro atoms. The second kappa shape index (κ2) is 3.84. The topological polar surface area (TPSA) is 59.2 Å². The molecule has 88 valence electrons. The molecule has 0 aliphatic heterocycles. The molecular weight excluding hydrogens is 223 g/mol. The van der Waals surface area contributed by atoms with E-state index in [-0.39, 0.29) is 17.2 Å². The Kier molecular flexibility index (Phi) is 2.31. The molecule has 2 aromatic rings. The summed E-state index contributed by atoms with van der Waals surface area (Å²) in [5.41, 5.74) is 0.220. The van der Waals surface area contributed by atoms with Crippen molar-refractivity contribution in [3.05, 3.63) is 29.8 Å². The highest BCUT2D eigenvalue weighted by molar-refractivity contribution is 5.55. The van der Waals surface area contributed by atoms with Crippen LogP contribution in [0.1, 0.15) is 18.7 Å². The standard InChI is InChI=1S/C12H11FN2O2/c13-10-6-8(16)3-4-9(10)12-14-11(15-17-12)5-7-1-2-7/h3-4,6-7,16H,1-2,5H2. The summed E-state index contributed by atoms with van der Waals surface area (Å²) in [4.78, 5) is 4.15. The molecule has 0 saturated heterocycles. The number of phenolic OH excluding ortho intramolecular Hbond substituents is 1. The van der Waals surface area contributed by atoms with E-state index in [0.29, 0.717) is 11.7 Å². The van der Waals surface area contributed by atoms with Gasteiger partial charge in [-0.05, 0) is 30.9 Å². The fourth-order valence-corrected chi connectivity index (χ4v) is 1.70. The highest BCUT2D eigenvalue weighted by Gasteiger charge is 2.24.